The number of sulfonamides is 1. The maximum atomic E-state index is 13.5. The lowest BCUT2D eigenvalue weighted by Crippen LogP contribution is -2.22. The molecule has 3 rings (SSSR count). The Morgan fingerprint density at radius 3 is 2.60 bits per heavy atom. The minimum absolute atomic E-state index is 0.0558. The van der Waals surface area contributed by atoms with E-state index in [1.54, 1.807) is 30.5 Å². The predicted octanol–water partition coefficient (Wildman–Crippen LogP) is 3.94. The second kappa shape index (κ2) is 9.06. The Morgan fingerprint density at radius 1 is 1.13 bits per heavy atom. The van der Waals surface area contributed by atoms with Gasteiger partial charge in [-0.25, -0.2) is 18.2 Å². The maximum absolute atomic E-state index is 13.5. The summed E-state index contributed by atoms with van der Waals surface area (Å²) < 4.78 is 41.0. The third-order valence-electron chi connectivity index (χ3n) is 4.07. The number of hydrogen-bond acceptors (Lipinski definition) is 6. The van der Waals surface area contributed by atoms with Crippen LogP contribution in [0.2, 0.25) is 0 Å². The zero-order valence-electron chi connectivity index (χ0n) is 15.8. The number of phenols is 1. The molecule has 1 heterocycles. The molecule has 0 aliphatic heterocycles. The number of thiophene rings is 1. The van der Waals surface area contributed by atoms with Gasteiger partial charge in [0.1, 0.15) is 15.8 Å². The van der Waals surface area contributed by atoms with Crippen molar-refractivity contribution in [1.82, 2.24) is 5.43 Å². The third kappa shape index (κ3) is 4.84. The predicted molar refractivity (Wildman–Crippen MR) is 114 cm³/mol. The summed E-state index contributed by atoms with van der Waals surface area (Å²) in [6.45, 7) is 1.73. The molecule has 0 saturated heterocycles. The van der Waals surface area contributed by atoms with Crippen LogP contribution in [-0.2, 0) is 10.0 Å². The molecule has 0 radical (unpaired) electrons. The quantitative estimate of drug-likeness (QED) is 0.377. The Balaban J connectivity index is 1.85. The smallest absolute Gasteiger partial charge is 0.273 e. The van der Waals surface area contributed by atoms with Gasteiger partial charge < -0.3 is 5.11 Å². The summed E-state index contributed by atoms with van der Waals surface area (Å²) in [5, 5.41) is 15.6. The largest absolute Gasteiger partial charge is 0.507 e. The van der Waals surface area contributed by atoms with Gasteiger partial charge in [-0.05, 0) is 48.2 Å². The molecule has 0 aliphatic carbocycles. The summed E-state index contributed by atoms with van der Waals surface area (Å²) in [5.74, 6) is -1.39. The maximum Gasteiger partial charge on any atom is 0.273 e. The molecule has 2 aromatic carbocycles. The van der Waals surface area contributed by atoms with Gasteiger partial charge in [0.05, 0.1) is 17.0 Å². The van der Waals surface area contributed by atoms with Gasteiger partial charge in [0.25, 0.3) is 15.9 Å². The number of benzene rings is 2. The van der Waals surface area contributed by atoms with Crippen LogP contribution in [0, 0.1) is 5.82 Å². The van der Waals surface area contributed by atoms with Crippen molar-refractivity contribution in [3.63, 3.8) is 0 Å². The fourth-order valence-electron chi connectivity index (χ4n) is 2.63. The van der Waals surface area contributed by atoms with Crippen LogP contribution in [0.4, 0.5) is 10.1 Å². The Bertz CT molecular complexity index is 1190. The highest BCUT2D eigenvalue weighted by molar-refractivity contribution is 7.94. The summed E-state index contributed by atoms with van der Waals surface area (Å²) in [4.78, 5) is 12.7. The van der Waals surface area contributed by atoms with Gasteiger partial charge in [0.15, 0.2) is 0 Å². The van der Waals surface area contributed by atoms with Gasteiger partial charge in [0.2, 0.25) is 0 Å². The number of carbonyl (C=O) groups excluding carboxylic acids is 1. The van der Waals surface area contributed by atoms with E-state index in [2.05, 4.69) is 15.2 Å². The van der Waals surface area contributed by atoms with E-state index in [1.165, 1.54) is 24.3 Å². The Hall–Kier alpha value is -3.24. The third-order valence-corrected chi connectivity index (χ3v) is 6.84. The summed E-state index contributed by atoms with van der Waals surface area (Å²) in [6.07, 6.45) is 0.309. The van der Waals surface area contributed by atoms with Crippen LogP contribution in [0.5, 0.6) is 5.75 Å². The number of hydrogen-bond donors (Lipinski definition) is 3. The van der Waals surface area contributed by atoms with E-state index >= 15 is 0 Å². The molecule has 1 aromatic heterocycles. The number of anilines is 1. The molecular weight excluding hydrogens is 429 g/mol. The first-order chi connectivity index (χ1) is 14.3. The van der Waals surface area contributed by atoms with Gasteiger partial charge in [0, 0.05) is 5.56 Å². The molecular formula is C20H18FN3O4S2. The first-order valence-electron chi connectivity index (χ1n) is 8.83. The van der Waals surface area contributed by atoms with Gasteiger partial charge in [-0.15, -0.1) is 11.3 Å². The van der Waals surface area contributed by atoms with Crippen LogP contribution < -0.4 is 10.1 Å². The van der Waals surface area contributed by atoms with Crippen molar-refractivity contribution in [3.8, 4) is 5.75 Å². The van der Waals surface area contributed by atoms with E-state index in [4.69, 9.17) is 0 Å². The average Bonchev–Trinajstić information content (AvgIpc) is 3.27. The highest BCUT2D eigenvalue weighted by Crippen LogP contribution is 2.23. The van der Waals surface area contributed by atoms with Crippen molar-refractivity contribution in [2.75, 3.05) is 4.72 Å². The molecule has 0 unspecified atom stereocenters. The normalized spacial score (nSPS) is 11.9. The zero-order valence-corrected chi connectivity index (χ0v) is 17.4. The number of para-hydroxylation sites is 1. The monoisotopic (exact) mass is 447 g/mol. The second-order valence-corrected chi connectivity index (χ2v) is 8.95. The number of carbonyl (C=O) groups is 1. The fraction of sp³-hybridized carbons (Fsp3) is 0.100. The van der Waals surface area contributed by atoms with Crippen LogP contribution >= 0.6 is 11.3 Å². The molecule has 7 nitrogen and oxygen atoms in total. The van der Waals surface area contributed by atoms with E-state index in [0.717, 1.165) is 23.5 Å². The highest BCUT2D eigenvalue weighted by Gasteiger charge is 2.19. The molecule has 0 atom stereocenters. The molecule has 0 aliphatic rings. The van der Waals surface area contributed by atoms with Crippen LogP contribution in [0.15, 0.2) is 69.3 Å². The minimum Gasteiger partial charge on any atom is -0.507 e. The second-order valence-electron chi connectivity index (χ2n) is 6.10. The minimum atomic E-state index is -3.84. The van der Waals surface area contributed by atoms with Crippen molar-refractivity contribution < 1.29 is 22.7 Å². The SMILES string of the molecule is CCC(=NNC(=O)c1ccccc1NS(=O)(=O)c1cccs1)c1cc(F)ccc1O. The molecule has 156 valence electrons. The van der Waals surface area contributed by atoms with E-state index in [0.29, 0.717) is 6.42 Å². The average molecular weight is 448 g/mol. The molecule has 3 N–H and O–H groups in total. The van der Waals surface area contributed by atoms with Crippen LogP contribution in [0.1, 0.15) is 29.3 Å². The standard InChI is InChI=1S/C20H18FN3O4S2/c1-2-16(15-12-13(21)9-10-18(15)25)22-23-20(26)14-6-3-4-7-17(14)24-30(27,28)19-8-5-11-29-19/h3-12,24-25H,2H2,1H3,(H,23,26). The number of rotatable bonds is 7. The van der Waals surface area contributed by atoms with E-state index in [9.17, 15) is 22.7 Å². The topological polar surface area (TPSA) is 108 Å². The number of nitrogens with zero attached hydrogens (tertiary/aromatic N) is 1. The molecule has 0 saturated carbocycles. The van der Waals surface area contributed by atoms with Crippen molar-refractivity contribution >= 4 is 38.7 Å². The van der Waals surface area contributed by atoms with E-state index < -0.39 is 21.7 Å². The summed E-state index contributed by atoms with van der Waals surface area (Å²) in [7, 11) is -3.84. The number of phenolic OH excluding ortho intramolecular Hbond substituents is 1. The first-order valence-corrected chi connectivity index (χ1v) is 11.2. The Kier molecular flexibility index (Phi) is 6.48. The molecule has 0 fully saturated rings. The van der Waals surface area contributed by atoms with Crippen LogP contribution in [-0.4, -0.2) is 25.1 Å². The zero-order chi connectivity index (χ0) is 21.7. The summed E-state index contributed by atoms with van der Waals surface area (Å²) in [5.41, 5.74) is 2.90. The van der Waals surface area contributed by atoms with Crippen molar-refractivity contribution in [2.24, 2.45) is 5.10 Å². The van der Waals surface area contributed by atoms with Crippen molar-refractivity contribution in [2.45, 2.75) is 17.6 Å². The van der Waals surface area contributed by atoms with Crippen LogP contribution in [0.25, 0.3) is 0 Å². The lowest BCUT2D eigenvalue weighted by atomic mass is 10.1. The molecule has 0 spiro atoms. The molecule has 1 amide bonds. The molecule has 10 heteroatoms. The number of nitrogens with one attached hydrogen (secondary N) is 2. The van der Waals surface area contributed by atoms with Gasteiger partial charge in [-0.1, -0.05) is 25.1 Å². The van der Waals surface area contributed by atoms with Crippen LogP contribution in [0.3, 0.4) is 0 Å². The Labute approximate surface area is 176 Å². The lowest BCUT2D eigenvalue weighted by Gasteiger charge is -2.11. The lowest BCUT2D eigenvalue weighted by molar-refractivity contribution is 0.0955. The Morgan fingerprint density at radius 2 is 1.90 bits per heavy atom. The number of amides is 1. The fourth-order valence-corrected chi connectivity index (χ4v) is 4.70. The van der Waals surface area contributed by atoms with Crippen molar-refractivity contribution in [3.05, 3.63) is 76.9 Å². The van der Waals surface area contributed by atoms with Crippen molar-refractivity contribution in [1.29, 1.82) is 0 Å². The van der Waals surface area contributed by atoms with Gasteiger partial charge in [-0.3, -0.25) is 9.52 Å². The molecule has 30 heavy (non-hydrogen) atoms. The molecule has 0 bridgehead atoms. The number of aromatic hydroxyl groups is 1. The number of halogens is 1. The molecule has 3 aromatic rings. The highest BCUT2D eigenvalue weighted by atomic mass is 32.2. The van der Waals surface area contributed by atoms with Gasteiger partial charge in [-0.2, -0.15) is 5.10 Å². The number of hydrazone groups is 1. The van der Waals surface area contributed by atoms with E-state index in [-0.39, 0.29) is 32.5 Å². The van der Waals surface area contributed by atoms with E-state index in [1.807, 2.05) is 0 Å². The first kappa shape index (κ1) is 21.5. The van der Waals surface area contributed by atoms with Gasteiger partial charge >= 0.3 is 0 Å². The summed E-state index contributed by atoms with van der Waals surface area (Å²) >= 11 is 1.05. The summed E-state index contributed by atoms with van der Waals surface area (Å²) in [6, 6.07) is 12.6.